The van der Waals surface area contributed by atoms with Crippen LogP contribution in [0.2, 0.25) is 0 Å². The quantitative estimate of drug-likeness (QED) is 0.239. The minimum absolute atomic E-state index is 0.0942. The zero-order valence-corrected chi connectivity index (χ0v) is 28.2. The van der Waals surface area contributed by atoms with Crippen molar-refractivity contribution in [3.05, 3.63) is 0 Å². The molecular formula is C31H63N5O5. The van der Waals surface area contributed by atoms with E-state index in [1.807, 2.05) is 27.8 Å². The van der Waals surface area contributed by atoms with Crippen LogP contribution in [-0.4, -0.2) is 72.6 Å². The third-order valence-corrected chi connectivity index (χ3v) is 6.05. The number of carbonyl (C=O) groups excluding carboxylic acids is 5. The number of hydrogen-bond donors (Lipinski definition) is 4. The lowest BCUT2D eigenvalue weighted by Crippen LogP contribution is -2.55. The molecule has 3 atom stereocenters. The number of ketones is 1. The van der Waals surface area contributed by atoms with Gasteiger partial charge in [-0.3, -0.25) is 24.0 Å². The number of likely N-dealkylation sites (tertiary alicyclic amines) is 1. The van der Waals surface area contributed by atoms with E-state index in [1.54, 1.807) is 0 Å². The van der Waals surface area contributed by atoms with Gasteiger partial charge < -0.3 is 26.6 Å². The molecule has 0 radical (unpaired) electrons. The predicted molar refractivity (Wildman–Crippen MR) is 168 cm³/mol. The second-order valence-electron chi connectivity index (χ2n) is 12.1. The lowest BCUT2D eigenvalue weighted by atomic mass is 9.80. The monoisotopic (exact) mass is 585 g/mol. The normalized spacial score (nSPS) is 18.2. The SMILES string of the molecule is CC.CC(C)C.CC1CCN(C(=O)CNC=O)C1C(=O)NC(CC1CCC1)C(=O)C(N)=O.CCC.CNC(C)(C)C. The van der Waals surface area contributed by atoms with Crippen molar-refractivity contribution in [2.24, 2.45) is 23.5 Å². The van der Waals surface area contributed by atoms with Crippen molar-refractivity contribution in [2.75, 3.05) is 20.1 Å². The maximum atomic E-state index is 12.8. The highest BCUT2D eigenvalue weighted by Crippen LogP contribution is 2.31. The van der Waals surface area contributed by atoms with Crippen LogP contribution >= 0.6 is 0 Å². The van der Waals surface area contributed by atoms with Gasteiger partial charge in [0.25, 0.3) is 5.91 Å². The molecule has 10 nitrogen and oxygen atoms in total. The summed E-state index contributed by atoms with van der Waals surface area (Å²) in [6.07, 6.45) is 5.69. The van der Waals surface area contributed by atoms with E-state index in [0.717, 1.165) is 25.2 Å². The van der Waals surface area contributed by atoms with Crippen molar-refractivity contribution in [3.63, 3.8) is 0 Å². The fraction of sp³-hybridized carbons (Fsp3) is 0.839. The van der Waals surface area contributed by atoms with E-state index >= 15 is 0 Å². The summed E-state index contributed by atoms with van der Waals surface area (Å²) in [5.41, 5.74) is 5.40. The molecule has 4 amide bonds. The third kappa shape index (κ3) is 21.0. The molecule has 2 rings (SSSR count). The van der Waals surface area contributed by atoms with Gasteiger partial charge in [-0.2, -0.15) is 0 Å². The van der Waals surface area contributed by atoms with Gasteiger partial charge in [-0.25, -0.2) is 0 Å². The molecule has 3 unspecified atom stereocenters. The Kier molecular flexibility index (Phi) is 25.3. The van der Waals surface area contributed by atoms with Crippen LogP contribution in [0.15, 0.2) is 0 Å². The highest BCUT2D eigenvalue weighted by molar-refractivity contribution is 6.37. The first kappa shape index (κ1) is 43.0. The average molecular weight is 586 g/mol. The van der Waals surface area contributed by atoms with Gasteiger partial charge in [0, 0.05) is 12.1 Å². The fourth-order valence-electron chi connectivity index (χ4n) is 3.58. The van der Waals surface area contributed by atoms with E-state index in [0.29, 0.717) is 37.3 Å². The Morgan fingerprint density at radius 1 is 1.02 bits per heavy atom. The molecule has 242 valence electrons. The fourth-order valence-corrected chi connectivity index (χ4v) is 3.58. The Labute approximate surface area is 250 Å². The average Bonchev–Trinajstić information content (AvgIpc) is 3.26. The zero-order valence-electron chi connectivity index (χ0n) is 28.2. The summed E-state index contributed by atoms with van der Waals surface area (Å²) in [7, 11) is 1.96. The largest absolute Gasteiger partial charge is 0.363 e. The zero-order chi connectivity index (χ0) is 32.8. The van der Waals surface area contributed by atoms with Gasteiger partial charge in [-0.15, -0.1) is 0 Å². The van der Waals surface area contributed by atoms with Gasteiger partial charge in [0.05, 0.1) is 12.6 Å². The number of nitrogens with two attached hydrogens (primary N) is 1. The van der Waals surface area contributed by atoms with Gasteiger partial charge in [-0.05, 0) is 58.4 Å². The topological polar surface area (TPSA) is 151 Å². The van der Waals surface area contributed by atoms with E-state index in [-0.39, 0.29) is 18.4 Å². The molecule has 10 heteroatoms. The third-order valence-electron chi connectivity index (χ3n) is 6.05. The number of hydrogen-bond acceptors (Lipinski definition) is 6. The van der Waals surface area contributed by atoms with Crippen molar-refractivity contribution in [3.8, 4) is 0 Å². The summed E-state index contributed by atoms with van der Waals surface area (Å²) < 4.78 is 0. The molecule has 1 saturated heterocycles. The van der Waals surface area contributed by atoms with Crippen molar-refractivity contribution >= 4 is 29.9 Å². The molecule has 5 N–H and O–H groups in total. The first-order valence-electron chi connectivity index (χ1n) is 15.3. The summed E-state index contributed by atoms with van der Waals surface area (Å²) in [6, 6.07) is -1.69. The minimum Gasteiger partial charge on any atom is -0.363 e. The molecule has 1 aliphatic heterocycles. The summed E-state index contributed by atoms with van der Waals surface area (Å²) in [4.78, 5) is 60.2. The Bertz CT molecular complexity index is 745. The molecule has 1 aliphatic carbocycles. The highest BCUT2D eigenvalue weighted by atomic mass is 16.2. The molecule has 0 aromatic carbocycles. The lowest BCUT2D eigenvalue weighted by molar-refractivity contribution is -0.142. The van der Waals surface area contributed by atoms with Crippen LogP contribution in [0.25, 0.3) is 0 Å². The first-order valence-corrected chi connectivity index (χ1v) is 15.3. The van der Waals surface area contributed by atoms with Crippen molar-refractivity contribution < 1.29 is 24.0 Å². The van der Waals surface area contributed by atoms with Gasteiger partial charge in [0.15, 0.2) is 0 Å². The minimum atomic E-state index is -1.07. The van der Waals surface area contributed by atoms with Crippen LogP contribution in [0.4, 0.5) is 0 Å². The van der Waals surface area contributed by atoms with Gasteiger partial charge in [0.2, 0.25) is 24.0 Å². The number of nitrogens with zero attached hydrogens (tertiary/aromatic N) is 1. The lowest BCUT2D eigenvalue weighted by Gasteiger charge is -2.31. The molecule has 0 bridgehead atoms. The highest BCUT2D eigenvalue weighted by Gasteiger charge is 2.41. The molecule has 0 aromatic heterocycles. The van der Waals surface area contributed by atoms with Crippen molar-refractivity contribution in [1.29, 1.82) is 0 Å². The second kappa shape index (κ2) is 24.1. The van der Waals surface area contributed by atoms with Crippen molar-refractivity contribution in [2.45, 2.75) is 132 Å². The summed E-state index contributed by atoms with van der Waals surface area (Å²) >= 11 is 0. The van der Waals surface area contributed by atoms with Gasteiger partial charge in [0.1, 0.15) is 6.04 Å². The van der Waals surface area contributed by atoms with Crippen LogP contribution < -0.4 is 21.7 Å². The maximum Gasteiger partial charge on any atom is 0.287 e. The molecule has 1 heterocycles. The molecule has 0 spiro atoms. The Morgan fingerprint density at radius 3 is 1.83 bits per heavy atom. The number of primary amides is 1. The van der Waals surface area contributed by atoms with Crippen LogP contribution in [-0.2, 0) is 24.0 Å². The molecule has 0 aromatic rings. The molecule has 2 aliphatic rings. The van der Waals surface area contributed by atoms with Crippen LogP contribution in [0, 0.1) is 17.8 Å². The standard InChI is InChI=1S/C17H26N4O5.C5H13N.C4H10.C3H8.C2H6/c1-10-5-6-21(13(23)8-19-9-22)14(10)17(26)20-12(15(24)16(18)25)7-11-3-2-4-11;1-5(2,3)6-4;1-4(2)3;1-3-2;1-2/h9-12,14H,2-8H2,1H3,(H2,18,25)(H,19,22)(H,20,26);6H,1-4H3;4H,1-3H3;3H2,1-2H3;1-2H3. The Morgan fingerprint density at radius 2 is 1.49 bits per heavy atom. The number of rotatable bonds is 9. The maximum absolute atomic E-state index is 12.8. The van der Waals surface area contributed by atoms with Crippen molar-refractivity contribution in [1.82, 2.24) is 20.9 Å². The van der Waals surface area contributed by atoms with Crippen LogP contribution in [0.5, 0.6) is 0 Å². The number of amides is 4. The molecular weight excluding hydrogens is 522 g/mol. The number of nitrogens with one attached hydrogen (secondary N) is 3. The van der Waals surface area contributed by atoms with Gasteiger partial charge in [-0.1, -0.05) is 81.1 Å². The van der Waals surface area contributed by atoms with E-state index in [1.165, 1.54) is 11.3 Å². The summed E-state index contributed by atoms with van der Waals surface area (Å²) in [6.45, 7) is 23.2. The van der Waals surface area contributed by atoms with E-state index < -0.39 is 29.7 Å². The Hall–Kier alpha value is -2.49. The Balaban J connectivity index is -0.000000799. The second-order valence-corrected chi connectivity index (χ2v) is 12.1. The van der Waals surface area contributed by atoms with E-state index in [9.17, 15) is 24.0 Å². The predicted octanol–water partition coefficient (Wildman–Crippen LogP) is 3.81. The van der Waals surface area contributed by atoms with Crippen LogP contribution in [0.3, 0.4) is 0 Å². The summed E-state index contributed by atoms with van der Waals surface area (Å²) in [5, 5.41) is 8.04. The number of Topliss-reactive ketones (excluding diaryl/α,β-unsaturated/α-hetero) is 1. The van der Waals surface area contributed by atoms with Crippen LogP contribution in [0.1, 0.15) is 115 Å². The first-order chi connectivity index (χ1) is 19.1. The number of carbonyl (C=O) groups is 5. The van der Waals surface area contributed by atoms with E-state index in [2.05, 4.69) is 71.3 Å². The molecule has 1 saturated carbocycles. The smallest absolute Gasteiger partial charge is 0.287 e. The van der Waals surface area contributed by atoms with Gasteiger partial charge >= 0.3 is 0 Å². The summed E-state index contributed by atoms with van der Waals surface area (Å²) in [5.74, 6) is -1.68. The van der Waals surface area contributed by atoms with E-state index in [4.69, 9.17) is 5.73 Å². The molecule has 2 fully saturated rings. The molecule has 41 heavy (non-hydrogen) atoms.